The number of anilines is 1. The van der Waals surface area contributed by atoms with Crippen molar-refractivity contribution in [3.05, 3.63) is 76.3 Å². The van der Waals surface area contributed by atoms with E-state index in [1.54, 1.807) is 0 Å². The summed E-state index contributed by atoms with van der Waals surface area (Å²) in [6.07, 6.45) is 1.18. The van der Waals surface area contributed by atoms with Gasteiger partial charge in [-0.05, 0) is 35.6 Å². The standard InChI is InChI=1S/C24H26N2O2S2/c1-4-17-5-7-19(8-6-17)22(27)15-30-24-26-21(14-29-24)13-23(28)25-20-11-9-18(10-12-20)16(2)3/h5-12,14,16H,4,13,15H2,1-3H3,(H,25,28). The quantitative estimate of drug-likeness (QED) is 0.329. The normalized spacial score (nSPS) is 10.9. The molecule has 0 aliphatic rings. The van der Waals surface area contributed by atoms with Gasteiger partial charge in [0.25, 0.3) is 0 Å². The number of hydrogen-bond acceptors (Lipinski definition) is 5. The molecule has 1 N–H and O–H groups in total. The minimum atomic E-state index is -0.0961. The first-order valence-corrected chi connectivity index (χ1v) is 11.9. The van der Waals surface area contributed by atoms with Gasteiger partial charge in [-0.2, -0.15) is 0 Å². The van der Waals surface area contributed by atoms with Crippen molar-refractivity contribution in [2.24, 2.45) is 0 Å². The fourth-order valence-electron chi connectivity index (χ4n) is 2.89. The molecule has 0 aliphatic heterocycles. The molecule has 156 valence electrons. The first-order valence-electron chi connectivity index (χ1n) is 10.0. The molecule has 0 saturated carbocycles. The van der Waals surface area contributed by atoms with E-state index in [0.29, 0.717) is 11.7 Å². The van der Waals surface area contributed by atoms with Gasteiger partial charge in [0, 0.05) is 16.6 Å². The molecule has 6 heteroatoms. The van der Waals surface area contributed by atoms with Gasteiger partial charge in [0.2, 0.25) is 5.91 Å². The number of carbonyl (C=O) groups excluding carboxylic acids is 2. The van der Waals surface area contributed by atoms with Crippen molar-refractivity contribution in [2.75, 3.05) is 11.1 Å². The molecule has 2 aromatic carbocycles. The van der Waals surface area contributed by atoms with E-state index in [-0.39, 0.29) is 18.1 Å². The second kappa shape index (κ2) is 10.5. The van der Waals surface area contributed by atoms with Crippen molar-refractivity contribution in [1.82, 2.24) is 4.98 Å². The topological polar surface area (TPSA) is 59.1 Å². The largest absolute Gasteiger partial charge is 0.326 e. The minimum absolute atomic E-state index is 0.0852. The lowest BCUT2D eigenvalue weighted by atomic mass is 10.0. The molecule has 3 rings (SSSR count). The van der Waals surface area contributed by atoms with Gasteiger partial charge in [-0.15, -0.1) is 11.3 Å². The van der Waals surface area contributed by atoms with Crippen LogP contribution in [0.5, 0.6) is 0 Å². The molecule has 0 aliphatic carbocycles. The third-order valence-electron chi connectivity index (χ3n) is 4.74. The highest BCUT2D eigenvalue weighted by molar-refractivity contribution is 8.01. The second-order valence-corrected chi connectivity index (χ2v) is 9.45. The molecule has 0 radical (unpaired) electrons. The highest BCUT2D eigenvalue weighted by Gasteiger charge is 2.12. The van der Waals surface area contributed by atoms with Gasteiger partial charge in [0.05, 0.1) is 17.9 Å². The van der Waals surface area contributed by atoms with E-state index in [1.807, 2.05) is 53.9 Å². The van der Waals surface area contributed by atoms with Crippen LogP contribution in [-0.4, -0.2) is 22.4 Å². The molecule has 1 heterocycles. The number of nitrogens with one attached hydrogen (secondary N) is 1. The highest BCUT2D eigenvalue weighted by atomic mass is 32.2. The molecule has 30 heavy (non-hydrogen) atoms. The molecule has 0 atom stereocenters. The molecule has 0 spiro atoms. The summed E-state index contributed by atoms with van der Waals surface area (Å²) < 4.78 is 0.803. The van der Waals surface area contributed by atoms with Gasteiger partial charge in [-0.25, -0.2) is 4.98 Å². The fraction of sp³-hybridized carbons (Fsp3) is 0.292. The molecule has 3 aromatic rings. The Morgan fingerprint density at radius 1 is 1.07 bits per heavy atom. The number of nitrogens with zero attached hydrogens (tertiary/aromatic N) is 1. The van der Waals surface area contributed by atoms with Crippen molar-refractivity contribution in [1.29, 1.82) is 0 Å². The number of hydrogen-bond donors (Lipinski definition) is 1. The van der Waals surface area contributed by atoms with Crippen molar-refractivity contribution >= 4 is 40.5 Å². The number of aryl methyl sites for hydroxylation is 1. The van der Waals surface area contributed by atoms with Crippen molar-refractivity contribution in [3.63, 3.8) is 0 Å². The van der Waals surface area contributed by atoms with Crippen molar-refractivity contribution < 1.29 is 9.59 Å². The number of rotatable bonds is 9. The Kier molecular flexibility index (Phi) is 7.82. The van der Waals surface area contributed by atoms with Crippen LogP contribution >= 0.6 is 23.1 Å². The number of carbonyl (C=O) groups is 2. The van der Waals surface area contributed by atoms with E-state index in [2.05, 4.69) is 31.1 Å². The Morgan fingerprint density at radius 3 is 2.40 bits per heavy atom. The number of Topliss-reactive ketones (excluding diaryl/α,β-unsaturated/α-hetero) is 1. The first-order chi connectivity index (χ1) is 14.4. The van der Waals surface area contributed by atoms with Gasteiger partial charge >= 0.3 is 0 Å². The predicted octanol–water partition coefficient (Wildman–Crippen LogP) is 5.99. The average molecular weight is 439 g/mol. The van der Waals surface area contributed by atoms with Gasteiger partial charge < -0.3 is 5.32 Å². The summed E-state index contributed by atoms with van der Waals surface area (Å²) in [5.41, 5.74) is 4.69. The lowest BCUT2D eigenvalue weighted by molar-refractivity contribution is -0.115. The van der Waals surface area contributed by atoms with E-state index in [9.17, 15) is 9.59 Å². The van der Waals surface area contributed by atoms with Crippen molar-refractivity contribution in [2.45, 2.75) is 43.9 Å². The predicted molar refractivity (Wildman–Crippen MR) is 126 cm³/mol. The smallest absolute Gasteiger partial charge is 0.230 e. The number of amides is 1. The van der Waals surface area contributed by atoms with Crippen LogP contribution in [0.3, 0.4) is 0 Å². The van der Waals surface area contributed by atoms with E-state index in [0.717, 1.165) is 27.7 Å². The van der Waals surface area contributed by atoms with E-state index in [4.69, 9.17) is 0 Å². The zero-order valence-electron chi connectivity index (χ0n) is 17.5. The zero-order chi connectivity index (χ0) is 21.5. The number of thiazole rings is 1. The second-order valence-electron chi connectivity index (χ2n) is 7.37. The molecule has 1 amide bonds. The molecule has 0 unspecified atom stereocenters. The van der Waals surface area contributed by atoms with Crippen LogP contribution < -0.4 is 5.32 Å². The Labute approximate surface area is 186 Å². The van der Waals surface area contributed by atoms with Gasteiger partial charge in [-0.1, -0.05) is 68.9 Å². The third kappa shape index (κ3) is 6.28. The summed E-state index contributed by atoms with van der Waals surface area (Å²) in [7, 11) is 0. The van der Waals surface area contributed by atoms with Gasteiger partial charge in [0.1, 0.15) is 0 Å². The number of ketones is 1. The van der Waals surface area contributed by atoms with E-state index >= 15 is 0 Å². The van der Waals surface area contributed by atoms with Crippen LogP contribution in [0.15, 0.2) is 58.3 Å². The summed E-state index contributed by atoms with van der Waals surface area (Å²) in [4.78, 5) is 29.2. The Balaban J connectivity index is 1.49. The van der Waals surface area contributed by atoms with Crippen LogP contribution in [0.25, 0.3) is 0 Å². The van der Waals surface area contributed by atoms with Crippen LogP contribution in [0.4, 0.5) is 5.69 Å². The fourth-order valence-corrected chi connectivity index (χ4v) is 4.63. The average Bonchev–Trinajstić information content (AvgIpc) is 3.19. The third-order valence-corrected chi connectivity index (χ3v) is 6.81. The molecule has 0 fully saturated rings. The van der Waals surface area contributed by atoms with Crippen LogP contribution in [0.2, 0.25) is 0 Å². The maximum atomic E-state index is 12.4. The van der Waals surface area contributed by atoms with E-state index < -0.39 is 0 Å². The lowest BCUT2D eigenvalue weighted by Crippen LogP contribution is -2.14. The monoisotopic (exact) mass is 438 g/mol. The van der Waals surface area contributed by atoms with Crippen LogP contribution in [0.1, 0.15) is 53.9 Å². The maximum absolute atomic E-state index is 12.4. The summed E-state index contributed by atoms with van der Waals surface area (Å²) >= 11 is 2.88. The number of benzene rings is 2. The Morgan fingerprint density at radius 2 is 1.77 bits per heavy atom. The number of thioether (sulfide) groups is 1. The molecule has 0 saturated heterocycles. The molecule has 4 nitrogen and oxygen atoms in total. The summed E-state index contributed by atoms with van der Waals surface area (Å²) in [6.45, 7) is 6.37. The summed E-state index contributed by atoms with van der Waals surface area (Å²) in [5.74, 6) is 0.791. The highest BCUT2D eigenvalue weighted by Crippen LogP contribution is 2.24. The maximum Gasteiger partial charge on any atom is 0.230 e. The zero-order valence-corrected chi connectivity index (χ0v) is 19.1. The van der Waals surface area contributed by atoms with Crippen LogP contribution in [0, 0.1) is 0 Å². The van der Waals surface area contributed by atoms with Gasteiger partial charge in [0.15, 0.2) is 10.1 Å². The first kappa shape index (κ1) is 22.2. The van der Waals surface area contributed by atoms with Crippen molar-refractivity contribution in [3.8, 4) is 0 Å². The summed E-state index contributed by atoms with van der Waals surface area (Å²) in [5, 5.41) is 4.79. The molecule has 0 bridgehead atoms. The summed E-state index contributed by atoms with van der Waals surface area (Å²) in [6, 6.07) is 15.7. The Hall–Kier alpha value is -2.44. The van der Waals surface area contributed by atoms with Crippen LogP contribution in [-0.2, 0) is 17.6 Å². The minimum Gasteiger partial charge on any atom is -0.326 e. The molecule has 1 aromatic heterocycles. The number of aromatic nitrogens is 1. The Bertz CT molecular complexity index is 993. The van der Waals surface area contributed by atoms with E-state index in [1.165, 1.54) is 34.2 Å². The molecular weight excluding hydrogens is 412 g/mol. The SMILES string of the molecule is CCc1ccc(C(=O)CSc2nc(CC(=O)Nc3ccc(C(C)C)cc3)cs2)cc1. The van der Waals surface area contributed by atoms with Gasteiger partial charge in [-0.3, -0.25) is 9.59 Å². The lowest BCUT2D eigenvalue weighted by Gasteiger charge is -2.08. The molecular formula is C24H26N2O2S2.